The predicted molar refractivity (Wildman–Crippen MR) is 74.4 cm³/mol. The number of furan rings is 1. The van der Waals surface area contributed by atoms with Crippen LogP contribution in [0.15, 0.2) is 22.8 Å². The van der Waals surface area contributed by atoms with Crippen molar-refractivity contribution in [1.82, 2.24) is 5.32 Å². The zero-order valence-electron chi connectivity index (χ0n) is 12.3. The number of carbonyl (C=O) groups is 2. The van der Waals surface area contributed by atoms with E-state index >= 15 is 0 Å². The van der Waals surface area contributed by atoms with E-state index in [-0.39, 0.29) is 5.91 Å². The molecule has 1 saturated carbocycles. The van der Waals surface area contributed by atoms with Crippen molar-refractivity contribution in [2.75, 3.05) is 13.2 Å². The lowest BCUT2D eigenvalue weighted by molar-refractivity contribution is -0.140. The second-order valence-electron chi connectivity index (χ2n) is 5.89. The van der Waals surface area contributed by atoms with E-state index in [9.17, 15) is 9.59 Å². The van der Waals surface area contributed by atoms with E-state index in [1.54, 1.807) is 12.3 Å². The molecule has 2 N–H and O–H groups in total. The lowest BCUT2D eigenvalue weighted by Gasteiger charge is -2.06. The molecule has 116 valence electrons. The quantitative estimate of drug-likeness (QED) is 0.712. The Morgan fingerprint density at radius 1 is 1.43 bits per heavy atom. The van der Waals surface area contributed by atoms with Gasteiger partial charge < -0.3 is 19.6 Å². The zero-order valence-corrected chi connectivity index (χ0v) is 12.3. The number of hydrogen-bond acceptors (Lipinski definition) is 4. The summed E-state index contributed by atoms with van der Waals surface area (Å²) in [7, 11) is 0. The minimum Gasteiger partial charge on any atom is -0.481 e. The average Bonchev–Trinajstić information content (AvgIpc) is 2.76. The van der Waals surface area contributed by atoms with Crippen LogP contribution in [0.25, 0.3) is 0 Å². The summed E-state index contributed by atoms with van der Waals surface area (Å²) in [6.07, 6.45) is 2.27. The molecule has 1 aliphatic carbocycles. The molecular formula is C15H21NO5. The maximum Gasteiger partial charge on any atom is 0.307 e. The summed E-state index contributed by atoms with van der Waals surface area (Å²) < 4.78 is 10.5. The molecule has 1 amide bonds. The van der Waals surface area contributed by atoms with Crippen LogP contribution in [0.4, 0.5) is 0 Å². The summed E-state index contributed by atoms with van der Waals surface area (Å²) in [5.74, 6) is -1.32. The van der Waals surface area contributed by atoms with Gasteiger partial charge in [0.1, 0.15) is 12.4 Å². The summed E-state index contributed by atoms with van der Waals surface area (Å²) in [5, 5.41) is 11.8. The van der Waals surface area contributed by atoms with Crippen LogP contribution in [0.2, 0.25) is 0 Å². The van der Waals surface area contributed by atoms with Crippen LogP contribution >= 0.6 is 0 Å². The summed E-state index contributed by atoms with van der Waals surface area (Å²) in [6, 6.07) is 3.64. The van der Waals surface area contributed by atoms with Gasteiger partial charge in [-0.05, 0) is 24.0 Å². The summed E-state index contributed by atoms with van der Waals surface area (Å²) in [4.78, 5) is 22.9. The number of amides is 1. The number of aliphatic carboxylic acids is 1. The molecular weight excluding hydrogens is 274 g/mol. The average molecular weight is 295 g/mol. The van der Waals surface area contributed by atoms with Gasteiger partial charge in [-0.1, -0.05) is 13.8 Å². The molecule has 0 saturated heterocycles. The van der Waals surface area contributed by atoms with E-state index in [4.69, 9.17) is 14.3 Å². The number of hydrogen-bond donors (Lipinski definition) is 2. The van der Waals surface area contributed by atoms with Gasteiger partial charge in [0.2, 0.25) is 5.91 Å². The fourth-order valence-corrected chi connectivity index (χ4v) is 2.65. The number of carboxylic acid groups (broad SMARTS) is 1. The molecule has 1 aromatic heterocycles. The Labute approximate surface area is 123 Å². The number of nitrogens with one attached hydrogen (secondary N) is 1. The van der Waals surface area contributed by atoms with Crippen molar-refractivity contribution in [3.05, 3.63) is 24.2 Å². The predicted octanol–water partition coefficient (Wildman–Crippen LogP) is 1.66. The monoisotopic (exact) mass is 295 g/mol. The van der Waals surface area contributed by atoms with Crippen molar-refractivity contribution < 1.29 is 23.8 Å². The third-order valence-corrected chi connectivity index (χ3v) is 3.96. The van der Waals surface area contributed by atoms with E-state index in [1.807, 2.05) is 19.9 Å². The Hall–Kier alpha value is -1.82. The van der Waals surface area contributed by atoms with Crippen LogP contribution in [0.1, 0.15) is 26.0 Å². The van der Waals surface area contributed by atoms with Crippen molar-refractivity contribution in [3.63, 3.8) is 0 Å². The molecule has 2 atom stereocenters. The molecule has 6 nitrogen and oxygen atoms in total. The minimum absolute atomic E-state index is 0.182. The fourth-order valence-electron chi connectivity index (χ4n) is 2.65. The lowest BCUT2D eigenvalue weighted by Crippen LogP contribution is -2.28. The Balaban J connectivity index is 1.59. The molecule has 0 spiro atoms. The fraction of sp³-hybridized carbons (Fsp3) is 0.600. The van der Waals surface area contributed by atoms with Crippen LogP contribution in [0, 0.1) is 17.3 Å². The first-order valence-corrected chi connectivity index (χ1v) is 7.05. The molecule has 21 heavy (non-hydrogen) atoms. The zero-order chi connectivity index (χ0) is 15.5. The number of ether oxygens (including phenoxy) is 1. The van der Waals surface area contributed by atoms with Crippen LogP contribution in [0.3, 0.4) is 0 Å². The normalized spacial score (nSPS) is 22.8. The second kappa shape index (κ2) is 6.30. The topological polar surface area (TPSA) is 88.8 Å². The van der Waals surface area contributed by atoms with Gasteiger partial charge >= 0.3 is 5.97 Å². The van der Waals surface area contributed by atoms with E-state index in [1.165, 1.54) is 0 Å². The third kappa shape index (κ3) is 3.64. The van der Waals surface area contributed by atoms with Gasteiger partial charge in [0.15, 0.2) is 0 Å². The van der Waals surface area contributed by atoms with Gasteiger partial charge in [-0.2, -0.15) is 0 Å². The highest BCUT2D eigenvalue weighted by molar-refractivity contribution is 5.91. The number of carbonyl (C=O) groups excluding carboxylic acids is 1. The molecule has 1 fully saturated rings. The van der Waals surface area contributed by atoms with Crippen LogP contribution in [-0.4, -0.2) is 30.1 Å². The standard InChI is InChI=1S/C15H21NO5/c1-15(2)11(12(15)14(18)19)13(17)16-6-4-7-20-9-10-5-3-8-21-10/h3,5,8,11-12H,4,6-7,9H2,1-2H3,(H,16,17)(H,18,19). The summed E-state index contributed by atoms with van der Waals surface area (Å²) in [6.45, 7) is 5.02. The van der Waals surface area contributed by atoms with Crippen molar-refractivity contribution >= 4 is 11.9 Å². The van der Waals surface area contributed by atoms with Gasteiger partial charge in [0.25, 0.3) is 0 Å². The van der Waals surface area contributed by atoms with Crippen LogP contribution in [0.5, 0.6) is 0 Å². The van der Waals surface area contributed by atoms with Crippen LogP contribution < -0.4 is 5.32 Å². The molecule has 0 aliphatic heterocycles. The highest BCUT2D eigenvalue weighted by atomic mass is 16.5. The first-order valence-electron chi connectivity index (χ1n) is 7.05. The van der Waals surface area contributed by atoms with E-state index in [0.717, 1.165) is 5.76 Å². The van der Waals surface area contributed by atoms with E-state index < -0.39 is 23.2 Å². The van der Waals surface area contributed by atoms with Crippen molar-refractivity contribution in [2.45, 2.75) is 26.9 Å². The van der Waals surface area contributed by atoms with E-state index in [2.05, 4.69) is 5.32 Å². The van der Waals surface area contributed by atoms with E-state index in [0.29, 0.717) is 26.2 Å². The molecule has 0 bridgehead atoms. The maximum atomic E-state index is 11.9. The van der Waals surface area contributed by atoms with Gasteiger partial charge in [-0.25, -0.2) is 0 Å². The van der Waals surface area contributed by atoms with Crippen molar-refractivity contribution in [2.24, 2.45) is 17.3 Å². The Bertz CT molecular complexity index is 494. The van der Waals surface area contributed by atoms with Gasteiger partial charge in [0.05, 0.1) is 18.1 Å². The lowest BCUT2D eigenvalue weighted by atomic mass is 10.1. The van der Waals surface area contributed by atoms with Gasteiger partial charge in [-0.3, -0.25) is 9.59 Å². The molecule has 1 heterocycles. The van der Waals surface area contributed by atoms with Crippen molar-refractivity contribution in [1.29, 1.82) is 0 Å². The molecule has 1 aliphatic rings. The number of rotatable bonds is 8. The van der Waals surface area contributed by atoms with Crippen molar-refractivity contribution in [3.8, 4) is 0 Å². The third-order valence-electron chi connectivity index (χ3n) is 3.96. The molecule has 2 unspecified atom stereocenters. The highest BCUT2D eigenvalue weighted by Crippen LogP contribution is 2.58. The molecule has 0 radical (unpaired) electrons. The highest BCUT2D eigenvalue weighted by Gasteiger charge is 2.65. The number of carboxylic acids is 1. The molecule has 1 aromatic rings. The second-order valence-corrected chi connectivity index (χ2v) is 5.89. The SMILES string of the molecule is CC1(C)C(C(=O)O)C1C(=O)NCCCOCc1ccco1. The smallest absolute Gasteiger partial charge is 0.307 e. The first kappa shape index (κ1) is 15.6. The first-order chi connectivity index (χ1) is 9.94. The molecule has 0 aromatic carbocycles. The largest absolute Gasteiger partial charge is 0.481 e. The summed E-state index contributed by atoms with van der Waals surface area (Å²) >= 11 is 0. The Morgan fingerprint density at radius 3 is 2.76 bits per heavy atom. The Kier molecular flexibility index (Phi) is 4.67. The van der Waals surface area contributed by atoms with Crippen LogP contribution in [-0.2, 0) is 20.9 Å². The summed E-state index contributed by atoms with van der Waals surface area (Å²) in [5.41, 5.74) is -0.453. The Morgan fingerprint density at radius 2 is 2.19 bits per heavy atom. The van der Waals surface area contributed by atoms with Gasteiger partial charge in [0, 0.05) is 13.2 Å². The molecule has 2 rings (SSSR count). The minimum atomic E-state index is -0.901. The van der Waals surface area contributed by atoms with Gasteiger partial charge in [-0.15, -0.1) is 0 Å². The molecule has 6 heteroatoms. The maximum absolute atomic E-state index is 11.9.